The first-order chi connectivity index (χ1) is 14.7. The molecule has 2 atom stereocenters. The maximum Gasteiger partial charge on any atom is 0.274 e. The Morgan fingerprint density at radius 1 is 1.23 bits per heavy atom. The van der Waals surface area contributed by atoms with Gasteiger partial charge < -0.3 is 19.9 Å². The maximum absolute atomic E-state index is 13.8. The summed E-state index contributed by atoms with van der Waals surface area (Å²) in [5.74, 6) is -5.46. The van der Waals surface area contributed by atoms with Crippen molar-refractivity contribution in [3.8, 4) is 5.75 Å². The zero-order chi connectivity index (χ0) is 22.4. The molecule has 0 radical (unpaired) electrons. The molecule has 2 amide bonds. The third-order valence-corrected chi connectivity index (χ3v) is 5.87. The Bertz CT molecular complexity index is 1120. The minimum Gasteiger partial charge on any atom is -0.503 e. The number of amides is 2. The van der Waals surface area contributed by atoms with Gasteiger partial charge in [-0.3, -0.25) is 14.4 Å². The Morgan fingerprint density at radius 3 is 2.58 bits per heavy atom. The maximum atomic E-state index is 13.8. The van der Waals surface area contributed by atoms with Gasteiger partial charge in [-0.05, 0) is 18.8 Å². The fourth-order valence-electron chi connectivity index (χ4n) is 4.20. The molecule has 1 aromatic heterocycles. The highest BCUT2D eigenvalue weighted by atomic mass is 19.1. The largest absolute Gasteiger partial charge is 0.503 e. The van der Waals surface area contributed by atoms with Crippen molar-refractivity contribution in [3.05, 3.63) is 62.8 Å². The molecule has 2 aliphatic heterocycles. The lowest BCUT2D eigenvalue weighted by Gasteiger charge is -2.34. The quantitative estimate of drug-likeness (QED) is 0.774. The van der Waals surface area contributed by atoms with E-state index in [1.165, 1.54) is 10.8 Å². The number of fused-ring (bicyclic) bond motifs is 4. The van der Waals surface area contributed by atoms with Gasteiger partial charge in [0.25, 0.3) is 11.8 Å². The van der Waals surface area contributed by atoms with Gasteiger partial charge in [-0.25, -0.2) is 13.2 Å². The molecule has 1 saturated heterocycles. The molecular weight excluding hydrogens is 415 g/mol. The van der Waals surface area contributed by atoms with Gasteiger partial charge >= 0.3 is 0 Å². The molecule has 2 N–H and O–H groups in total. The summed E-state index contributed by atoms with van der Waals surface area (Å²) in [6.45, 7) is 2.31. The fourth-order valence-corrected chi connectivity index (χ4v) is 4.20. The number of nitrogens with zero attached hydrogens (tertiary/aromatic N) is 2. The van der Waals surface area contributed by atoms with Gasteiger partial charge in [0, 0.05) is 43.5 Å². The van der Waals surface area contributed by atoms with Crippen LogP contribution in [0.1, 0.15) is 52.2 Å². The van der Waals surface area contributed by atoms with E-state index in [4.69, 9.17) is 0 Å². The van der Waals surface area contributed by atoms with E-state index in [9.17, 15) is 32.7 Å². The molecule has 31 heavy (non-hydrogen) atoms. The van der Waals surface area contributed by atoms with E-state index < -0.39 is 58.1 Å². The van der Waals surface area contributed by atoms with Gasteiger partial charge in [-0.2, -0.15) is 0 Å². The summed E-state index contributed by atoms with van der Waals surface area (Å²) in [5.41, 5.74) is -2.24. The second-order valence-electron chi connectivity index (χ2n) is 8.04. The molecule has 0 unspecified atom stereocenters. The highest BCUT2D eigenvalue weighted by Gasteiger charge is 2.37. The molecule has 0 saturated carbocycles. The second kappa shape index (κ2) is 7.75. The van der Waals surface area contributed by atoms with E-state index in [-0.39, 0.29) is 17.7 Å². The number of halogens is 3. The van der Waals surface area contributed by atoms with Gasteiger partial charge in [0.2, 0.25) is 5.43 Å². The van der Waals surface area contributed by atoms with Crippen LogP contribution in [0.25, 0.3) is 0 Å². The summed E-state index contributed by atoms with van der Waals surface area (Å²) in [5, 5.41) is 12.7. The summed E-state index contributed by atoms with van der Waals surface area (Å²) in [6, 6.07) is 0.735. The molecular formula is C21H20F3N3O4. The third-order valence-electron chi connectivity index (χ3n) is 5.87. The summed E-state index contributed by atoms with van der Waals surface area (Å²) in [4.78, 5) is 39.5. The van der Waals surface area contributed by atoms with Crippen LogP contribution in [0.4, 0.5) is 13.2 Å². The Labute approximate surface area is 175 Å². The lowest BCUT2D eigenvalue weighted by atomic mass is 9.99. The number of nitrogens with one attached hydrogen (secondary N) is 1. The van der Waals surface area contributed by atoms with Gasteiger partial charge in [0.05, 0.1) is 6.04 Å². The summed E-state index contributed by atoms with van der Waals surface area (Å²) >= 11 is 0. The van der Waals surface area contributed by atoms with Crippen LogP contribution in [0.5, 0.6) is 5.75 Å². The number of carbonyl (C=O) groups excluding carboxylic acids is 2. The van der Waals surface area contributed by atoms with E-state index in [0.29, 0.717) is 31.6 Å². The average Bonchev–Trinajstić information content (AvgIpc) is 2.87. The van der Waals surface area contributed by atoms with Crippen LogP contribution in [0.15, 0.2) is 23.1 Å². The molecule has 2 bridgehead atoms. The zero-order valence-electron chi connectivity index (χ0n) is 16.6. The summed E-state index contributed by atoms with van der Waals surface area (Å²) in [6.07, 6.45) is 2.68. The molecule has 1 fully saturated rings. The summed E-state index contributed by atoms with van der Waals surface area (Å²) in [7, 11) is 0. The van der Waals surface area contributed by atoms with Gasteiger partial charge in [-0.1, -0.05) is 6.92 Å². The molecule has 0 aliphatic carbocycles. The SMILES string of the molecule is C[C@@H]1CCN2C[C@H](C1)n1cc(C(=O)NCc3c(F)cc(F)cc3F)c(=O)c(O)c1C2=O. The number of carbonyl (C=O) groups is 2. The van der Waals surface area contributed by atoms with Gasteiger partial charge in [0.15, 0.2) is 11.4 Å². The number of pyridine rings is 1. The van der Waals surface area contributed by atoms with Crippen molar-refractivity contribution in [1.29, 1.82) is 0 Å². The lowest BCUT2D eigenvalue weighted by molar-refractivity contribution is 0.0677. The molecule has 2 aromatic rings. The minimum absolute atomic E-state index is 0.164. The molecule has 0 spiro atoms. The first-order valence-corrected chi connectivity index (χ1v) is 9.86. The van der Waals surface area contributed by atoms with E-state index in [1.807, 2.05) is 6.92 Å². The Kier molecular flexibility index (Phi) is 5.24. The predicted octanol–water partition coefficient (Wildman–Crippen LogP) is 2.33. The first-order valence-electron chi connectivity index (χ1n) is 9.86. The van der Waals surface area contributed by atoms with Crippen molar-refractivity contribution in [1.82, 2.24) is 14.8 Å². The standard InChI is InChI=1S/C21H20F3N3O4/c1-10-2-3-26-8-12(4-10)27-9-14(18(28)19(29)17(27)21(26)31)20(30)25-7-13-15(23)5-11(22)6-16(13)24/h5-6,9-10,12,29H,2-4,7-8H2,1H3,(H,25,30)/t10-,12+/m1/s1. The molecule has 4 rings (SSSR count). The van der Waals surface area contributed by atoms with E-state index >= 15 is 0 Å². The van der Waals surface area contributed by atoms with Crippen LogP contribution < -0.4 is 10.7 Å². The Balaban J connectivity index is 1.68. The van der Waals surface area contributed by atoms with Crippen LogP contribution in [0.3, 0.4) is 0 Å². The lowest BCUT2D eigenvalue weighted by Crippen LogP contribution is -2.44. The van der Waals surface area contributed by atoms with Crippen molar-refractivity contribution in [2.75, 3.05) is 13.1 Å². The summed E-state index contributed by atoms with van der Waals surface area (Å²) < 4.78 is 42.1. The number of hydrogen-bond donors (Lipinski definition) is 2. The number of benzene rings is 1. The van der Waals surface area contributed by atoms with Crippen molar-refractivity contribution in [3.63, 3.8) is 0 Å². The van der Waals surface area contributed by atoms with Crippen molar-refractivity contribution >= 4 is 11.8 Å². The van der Waals surface area contributed by atoms with Crippen LogP contribution in [-0.4, -0.2) is 39.5 Å². The Hall–Kier alpha value is -3.30. The van der Waals surface area contributed by atoms with Gasteiger partial charge in [-0.15, -0.1) is 0 Å². The number of aromatic nitrogens is 1. The Morgan fingerprint density at radius 2 is 1.90 bits per heavy atom. The van der Waals surface area contributed by atoms with E-state index in [0.717, 1.165) is 6.42 Å². The molecule has 7 nitrogen and oxygen atoms in total. The molecule has 2 aliphatic rings. The van der Waals surface area contributed by atoms with Gasteiger partial charge in [0.1, 0.15) is 23.0 Å². The topological polar surface area (TPSA) is 91.6 Å². The van der Waals surface area contributed by atoms with Crippen LogP contribution in [-0.2, 0) is 6.54 Å². The molecule has 3 heterocycles. The monoisotopic (exact) mass is 435 g/mol. The van der Waals surface area contributed by atoms with E-state index in [2.05, 4.69) is 5.32 Å². The smallest absolute Gasteiger partial charge is 0.274 e. The highest BCUT2D eigenvalue weighted by Crippen LogP contribution is 2.33. The number of aromatic hydroxyl groups is 1. The first kappa shape index (κ1) is 21.0. The predicted molar refractivity (Wildman–Crippen MR) is 103 cm³/mol. The molecule has 10 heteroatoms. The fraction of sp³-hybridized carbons (Fsp3) is 0.381. The van der Waals surface area contributed by atoms with Crippen LogP contribution in [0, 0.1) is 23.4 Å². The minimum atomic E-state index is -1.18. The molecule has 164 valence electrons. The number of rotatable bonds is 3. The second-order valence-corrected chi connectivity index (χ2v) is 8.04. The number of hydrogen-bond acceptors (Lipinski definition) is 4. The average molecular weight is 435 g/mol. The normalized spacial score (nSPS) is 20.3. The van der Waals surface area contributed by atoms with Crippen molar-refractivity contribution in [2.24, 2.45) is 5.92 Å². The van der Waals surface area contributed by atoms with E-state index in [1.54, 1.807) is 4.90 Å². The molecule has 1 aromatic carbocycles. The van der Waals surface area contributed by atoms with Crippen LogP contribution in [0.2, 0.25) is 0 Å². The highest BCUT2D eigenvalue weighted by molar-refractivity contribution is 5.99. The van der Waals surface area contributed by atoms with Crippen LogP contribution >= 0.6 is 0 Å². The van der Waals surface area contributed by atoms with Crippen molar-refractivity contribution in [2.45, 2.75) is 32.4 Å². The third kappa shape index (κ3) is 3.66. The van der Waals surface area contributed by atoms with Crippen molar-refractivity contribution < 1.29 is 27.9 Å². The zero-order valence-corrected chi connectivity index (χ0v) is 16.6.